The van der Waals surface area contributed by atoms with Gasteiger partial charge in [0, 0.05) is 17.6 Å². The van der Waals surface area contributed by atoms with Crippen molar-refractivity contribution < 1.29 is 9.84 Å². The minimum absolute atomic E-state index is 0.221. The second-order valence-corrected chi connectivity index (χ2v) is 3.92. The molecule has 1 heterocycles. The summed E-state index contributed by atoms with van der Waals surface area (Å²) in [5, 5.41) is 10.4. The Morgan fingerprint density at radius 1 is 1.25 bits per heavy atom. The maximum atomic E-state index is 9.35. The zero-order valence-corrected chi connectivity index (χ0v) is 9.42. The van der Waals surface area contributed by atoms with Crippen LogP contribution in [0.1, 0.15) is 13.8 Å². The molecular weight excluding hydrogens is 202 g/mol. The first-order valence-electron chi connectivity index (χ1n) is 5.36. The second-order valence-electron chi connectivity index (χ2n) is 3.92. The molecule has 1 unspecified atom stereocenters. The van der Waals surface area contributed by atoms with Crippen LogP contribution < -0.4 is 4.74 Å². The first-order valence-corrected chi connectivity index (χ1v) is 5.36. The summed E-state index contributed by atoms with van der Waals surface area (Å²) in [6, 6.07) is 9.65. The SMILES string of the molecule is CC(Oc1ccc2cccnc2c1)[C@H](C)O. The summed E-state index contributed by atoms with van der Waals surface area (Å²) in [7, 11) is 0. The van der Waals surface area contributed by atoms with Gasteiger partial charge < -0.3 is 9.84 Å². The molecule has 0 aliphatic heterocycles. The van der Waals surface area contributed by atoms with Gasteiger partial charge in [-0.2, -0.15) is 0 Å². The molecule has 1 aromatic heterocycles. The van der Waals surface area contributed by atoms with Gasteiger partial charge in [0.15, 0.2) is 0 Å². The summed E-state index contributed by atoms with van der Waals surface area (Å²) in [4.78, 5) is 4.25. The number of aliphatic hydroxyl groups excluding tert-OH is 1. The van der Waals surface area contributed by atoms with Gasteiger partial charge in [0.25, 0.3) is 0 Å². The molecule has 0 bridgehead atoms. The molecule has 16 heavy (non-hydrogen) atoms. The van der Waals surface area contributed by atoms with E-state index in [1.54, 1.807) is 13.1 Å². The summed E-state index contributed by atoms with van der Waals surface area (Å²) in [6.45, 7) is 3.55. The fourth-order valence-corrected chi connectivity index (χ4v) is 1.43. The Kier molecular flexibility index (Phi) is 3.06. The van der Waals surface area contributed by atoms with Crippen molar-refractivity contribution in [2.45, 2.75) is 26.1 Å². The molecular formula is C13H15NO2. The Labute approximate surface area is 94.7 Å². The van der Waals surface area contributed by atoms with Gasteiger partial charge >= 0.3 is 0 Å². The molecule has 2 rings (SSSR count). The highest BCUT2D eigenvalue weighted by atomic mass is 16.5. The van der Waals surface area contributed by atoms with Gasteiger partial charge in [0.2, 0.25) is 0 Å². The number of rotatable bonds is 3. The average Bonchev–Trinajstić information content (AvgIpc) is 2.28. The molecule has 84 valence electrons. The first kappa shape index (κ1) is 10.9. The number of aromatic nitrogens is 1. The Bertz CT molecular complexity index is 482. The van der Waals surface area contributed by atoms with E-state index in [2.05, 4.69) is 4.98 Å². The van der Waals surface area contributed by atoms with Crippen molar-refractivity contribution in [3.05, 3.63) is 36.5 Å². The van der Waals surface area contributed by atoms with E-state index < -0.39 is 6.10 Å². The lowest BCUT2D eigenvalue weighted by Crippen LogP contribution is -2.25. The van der Waals surface area contributed by atoms with Crippen molar-refractivity contribution >= 4 is 10.9 Å². The molecule has 0 aliphatic rings. The van der Waals surface area contributed by atoms with Crippen LogP contribution in [-0.4, -0.2) is 22.3 Å². The van der Waals surface area contributed by atoms with Gasteiger partial charge in [-0.3, -0.25) is 4.98 Å². The lowest BCUT2D eigenvalue weighted by molar-refractivity contribution is 0.0605. The first-order chi connectivity index (χ1) is 7.66. The minimum atomic E-state index is -0.487. The maximum absolute atomic E-state index is 9.35. The fourth-order valence-electron chi connectivity index (χ4n) is 1.43. The van der Waals surface area contributed by atoms with Gasteiger partial charge in [-0.25, -0.2) is 0 Å². The van der Waals surface area contributed by atoms with Crippen LogP contribution >= 0.6 is 0 Å². The molecule has 2 atom stereocenters. The van der Waals surface area contributed by atoms with Crippen LogP contribution in [0, 0.1) is 0 Å². The number of nitrogens with zero attached hydrogens (tertiary/aromatic N) is 1. The van der Waals surface area contributed by atoms with Crippen molar-refractivity contribution in [3.63, 3.8) is 0 Å². The molecule has 0 spiro atoms. The van der Waals surface area contributed by atoms with Gasteiger partial charge in [0.1, 0.15) is 11.9 Å². The summed E-state index contributed by atoms with van der Waals surface area (Å²) >= 11 is 0. The van der Waals surface area contributed by atoms with Gasteiger partial charge in [-0.1, -0.05) is 6.07 Å². The van der Waals surface area contributed by atoms with E-state index in [4.69, 9.17) is 4.74 Å². The van der Waals surface area contributed by atoms with E-state index in [0.717, 1.165) is 16.7 Å². The van der Waals surface area contributed by atoms with E-state index in [9.17, 15) is 5.11 Å². The van der Waals surface area contributed by atoms with E-state index in [0.29, 0.717) is 0 Å². The Morgan fingerprint density at radius 2 is 2.06 bits per heavy atom. The third kappa shape index (κ3) is 2.31. The van der Waals surface area contributed by atoms with Gasteiger partial charge in [-0.15, -0.1) is 0 Å². The molecule has 0 aliphatic carbocycles. The number of benzene rings is 1. The smallest absolute Gasteiger partial charge is 0.122 e. The number of hydrogen-bond donors (Lipinski definition) is 1. The molecule has 0 saturated carbocycles. The highest BCUT2D eigenvalue weighted by Gasteiger charge is 2.10. The zero-order chi connectivity index (χ0) is 11.5. The number of aliphatic hydroxyl groups is 1. The van der Waals surface area contributed by atoms with Crippen molar-refractivity contribution in [1.82, 2.24) is 4.98 Å². The fraction of sp³-hybridized carbons (Fsp3) is 0.308. The van der Waals surface area contributed by atoms with Crippen molar-refractivity contribution in [3.8, 4) is 5.75 Å². The lowest BCUT2D eigenvalue weighted by atomic mass is 10.2. The number of pyridine rings is 1. The molecule has 0 saturated heterocycles. The minimum Gasteiger partial charge on any atom is -0.488 e. The molecule has 0 radical (unpaired) electrons. The summed E-state index contributed by atoms with van der Waals surface area (Å²) in [5.74, 6) is 0.736. The number of ether oxygens (including phenoxy) is 1. The molecule has 1 N–H and O–H groups in total. The Hall–Kier alpha value is -1.61. The standard InChI is InChI=1S/C13H15NO2/c1-9(15)10(2)16-12-6-5-11-4-3-7-14-13(11)8-12/h3-10,15H,1-2H3/t9-,10?/m0/s1. The molecule has 3 heteroatoms. The third-order valence-corrected chi connectivity index (χ3v) is 2.58. The second kappa shape index (κ2) is 4.49. The highest BCUT2D eigenvalue weighted by Crippen LogP contribution is 2.20. The third-order valence-electron chi connectivity index (χ3n) is 2.58. The van der Waals surface area contributed by atoms with Crippen LogP contribution in [-0.2, 0) is 0 Å². The van der Waals surface area contributed by atoms with Gasteiger partial charge in [-0.05, 0) is 32.0 Å². The summed E-state index contributed by atoms with van der Waals surface area (Å²) < 4.78 is 5.59. The zero-order valence-electron chi connectivity index (χ0n) is 9.42. The summed E-state index contributed by atoms with van der Waals surface area (Å²) in [5.41, 5.74) is 0.901. The van der Waals surface area contributed by atoms with Gasteiger partial charge in [0.05, 0.1) is 11.6 Å². The lowest BCUT2D eigenvalue weighted by Gasteiger charge is -2.17. The molecule has 1 aromatic carbocycles. The predicted molar refractivity (Wildman–Crippen MR) is 63.5 cm³/mol. The molecule has 0 fully saturated rings. The molecule has 2 aromatic rings. The van der Waals surface area contributed by atoms with E-state index >= 15 is 0 Å². The van der Waals surface area contributed by atoms with Crippen LogP contribution in [0.25, 0.3) is 10.9 Å². The summed E-state index contributed by atoms with van der Waals surface area (Å²) in [6.07, 6.45) is 1.05. The van der Waals surface area contributed by atoms with E-state index in [1.807, 2.05) is 37.3 Å². The monoisotopic (exact) mass is 217 g/mol. The Morgan fingerprint density at radius 3 is 2.81 bits per heavy atom. The normalized spacial score (nSPS) is 14.7. The van der Waals surface area contributed by atoms with Crippen LogP contribution in [0.2, 0.25) is 0 Å². The quantitative estimate of drug-likeness (QED) is 0.858. The van der Waals surface area contributed by atoms with Crippen LogP contribution in [0.4, 0.5) is 0 Å². The largest absolute Gasteiger partial charge is 0.488 e. The van der Waals surface area contributed by atoms with E-state index in [1.165, 1.54) is 0 Å². The van der Waals surface area contributed by atoms with Crippen molar-refractivity contribution in [1.29, 1.82) is 0 Å². The number of hydrogen-bond acceptors (Lipinski definition) is 3. The average molecular weight is 217 g/mol. The topological polar surface area (TPSA) is 42.4 Å². The molecule has 3 nitrogen and oxygen atoms in total. The molecule has 0 amide bonds. The maximum Gasteiger partial charge on any atom is 0.122 e. The van der Waals surface area contributed by atoms with E-state index in [-0.39, 0.29) is 6.10 Å². The number of fused-ring (bicyclic) bond motifs is 1. The predicted octanol–water partition coefficient (Wildman–Crippen LogP) is 2.38. The van der Waals surface area contributed by atoms with Crippen LogP contribution in [0.3, 0.4) is 0 Å². The van der Waals surface area contributed by atoms with Crippen LogP contribution in [0.15, 0.2) is 36.5 Å². The van der Waals surface area contributed by atoms with Crippen molar-refractivity contribution in [2.75, 3.05) is 0 Å². The Balaban J connectivity index is 2.26. The van der Waals surface area contributed by atoms with Crippen LogP contribution in [0.5, 0.6) is 5.75 Å². The highest BCUT2D eigenvalue weighted by molar-refractivity contribution is 5.79. The van der Waals surface area contributed by atoms with Crippen molar-refractivity contribution in [2.24, 2.45) is 0 Å².